The van der Waals surface area contributed by atoms with Crippen LogP contribution in [-0.2, 0) is 9.22 Å². The zero-order chi connectivity index (χ0) is 20.5. The average molecular weight is 408 g/mol. The van der Waals surface area contributed by atoms with E-state index in [2.05, 4.69) is 86.8 Å². The van der Waals surface area contributed by atoms with Crippen LogP contribution in [0.3, 0.4) is 0 Å². The van der Waals surface area contributed by atoms with Crippen LogP contribution in [0.1, 0.15) is 59.3 Å². The average Bonchev–Trinajstić information content (AvgIpc) is 3.08. The predicted molar refractivity (Wildman–Crippen MR) is 121 cm³/mol. The van der Waals surface area contributed by atoms with Crippen molar-refractivity contribution in [3.8, 4) is 0 Å². The molecule has 1 aliphatic heterocycles. The fourth-order valence-electron chi connectivity index (χ4n) is 5.35. The lowest BCUT2D eigenvalue weighted by atomic mass is 9.79. The second-order valence-corrected chi connectivity index (χ2v) is 14.1. The van der Waals surface area contributed by atoms with Gasteiger partial charge in [-0.05, 0) is 47.5 Å². The van der Waals surface area contributed by atoms with Crippen LogP contribution in [-0.4, -0.2) is 25.9 Å². The van der Waals surface area contributed by atoms with Crippen LogP contribution in [0.15, 0.2) is 60.7 Å². The Hall–Kier alpha value is -1.91. The first-order valence-corrected chi connectivity index (χ1v) is 12.9. The molecule has 1 amide bonds. The molecule has 0 bridgehead atoms. The van der Waals surface area contributed by atoms with Gasteiger partial charge in [-0.1, -0.05) is 81.4 Å². The van der Waals surface area contributed by atoms with Gasteiger partial charge in [-0.3, -0.25) is 4.79 Å². The quantitative estimate of drug-likeness (QED) is 0.773. The van der Waals surface area contributed by atoms with E-state index in [0.717, 1.165) is 32.1 Å². The largest absolute Gasteiger partial charge is 0.404 e. The van der Waals surface area contributed by atoms with E-state index in [1.165, 1.54) is 10.4 Å². The molecule has 3 nitrogen and oxygen atoms in total. The summed E-state index contributed by atoms with van der Waals surface area (Å²) in [6, 6.07) is 21.7. The molecule has 1 spiro atoms. The first kappa shape index (κ1) is 20.4. The lowest BCUT2D eigenvalue weighted by Crippen LogP contribution is -2.68. The second-order valence-electron chi connectivity index (χ2n) is 9.81. The third-order valence-electron chi connectivity index (χ3n) is 6.89. The van der Waals surface area contributed by atoms with Crippen molar-refractivity contribution in [3.63, 3.8) is 0 Å². The fourth-order valence-corrected chi connectivity index (χ4v) is 10.1. The van der Waals surface area contributed by atoms with E-state index in [0.29, 0.717) is 6.42 Å². The van der Waals surface area contributed by atoms with Gasteiger partial charge >= 0.3 is 0 Å². The minimum atomic E-state index is -2.49. The molecule has 0 radical (unpaired) electrons. The fraction of sp³-hybridized carbons (Fsp3) is 0.480. The van der Waals surface area contributed by atoms with Crippen molar-refractivity contribution in [1.29, 1.82) is 0 Å². The third-order valence-corrected chi connectivity index (χ3v) is 12.0. The summed E-state index contributed by atoms with van der Waals surface area (Å²) in [4.78, 5) is 11.8. The summed E-state index contributed by atoms with van der Waals surface area (Å²) in [7, 11) is -2.49. The molecule has 154 valence electrons. The number of nitrogens with one attached hydrogen (secondary N) is 1. The van der Waals surface area contributed by atoms with Gasteiger partial charge in [0.1, 0.15) is 0 Å². The van der Waals surface area contributed by atoms with Gasteiger partial charge in [0, 0.05) is 18.1 Å². The molecule has 4 heteroatoms. The van der Waals surface area contributed by atoms with Crippen molar-refractivity contribution >= 4 is 24.6 Å². The number of hydrogen-bond donors (Lipinski definition) is 1. The highest BCUT2D eigenvalue weighted by Gasteiger charge is 2.52. The number of carbonyl (C=O) groups is 1. The van der Waals surface area contributed by atoms with Crippen LogP contribution < -0.4 is 15.7 Å². The zero-order valence-electron chi connectivity index (χ0n) is 17.9. The summed E-state index contributed by atoms with van der Waals surface area (Å²) >= 11 is 0. The van der Waals surface area contributed by atoms with E-state index < -0.39 is 8.32 Å². The highest BCUT2D eigenvalue weighted by atomic mass is 28.4. The van der Waals surface area contributed by atoms with Gasteiger partial charge in [0.05, 0.1) is 0 Å². The van der Waals surface area contributed by atoms with E-state index in [1.807, 2.05) is 0 Å². The lowest BCUT2D eigenvalue weighted by molar-refractivity contribution is -0.120. The van der Waals surface area contributed by atoms with Crippen molar-refractivity contribution in [2.24, 2.45) is 0 Å². The molecular formula is C25H33NO2Si. The Kier molecular flexibility index (Phi) is 5.43. The Morgan fingerprint density at radius 1 is 0.897 bits per heavy atom. The molecular weight excluding hydrogens is 374 g/mol. The van der Waals surface area contributed by atoms with Gasteiger partial charge in [-0.25, -0.2) is 0 Å². The van der Waals surface area contributed by atoms with Crippen molar-refractivity contribution in [3.05, 3.63) is 60.7 Å². The summed E-state index contributed by atoms with van der Waals surface area (Å²) in [5.74, 6) is 0.219. The van der Waals surface area contributed by atoms with Gasteiger partial charge in [0.15, 0.2) is 0 Å². The molecule has 29 heavy (non-hydrogen) atoms. The number of rotatable bonds is 4. The Morgan fingerprint density at radius 2 is 1.41 bits per heavy atom. The first-order chi connectivity index (χ1) is 13.8. The summed E-state index contributed by atoms with van der Waals surface area (Å²) in [6.07, 6.45) is 6.00. The number of amides is 1. The summed E-state index contributed by atoms with van der Waals surface area (Å²) in [6.45, 7) is 7.00. The van der Waals surface area contributed by atoms with Crippen LogP contribution in [0.25, 0.3) is 0 Å². The van der Waals surface area contributed by atoms with Crippen molar-refractivity contribution in [2.45, 2.75) is 76.0 Å². The Morgan fingerprint density at radius 3 is 1.83 bits per heavy atom. The van der Waals surface area contributed by atoms with Crippen LogP contribution in [0.2, 0.25) is 5.04 Å². The molecule has 1 N–H and O–H groups in total. The van der Waals surface area contributed by atoms with Gasteiger partial charge in [-0.15, -0.1) is 0 Å². The number of carbonyl (C=O) groups excluding carboxylic acids is 1. The molecule has 4 rings (SSSR count). The van der Waals surface area contributed by atoms with Gasteiger partial charge in [-0.2, -0.15) is 0 Å². The van der Waals surface area contributed by atoms with E-state index in [9.17, 15) is 4.79 Å². The highest BCUT2D eigenvalue weighted by Crippen LogP contribution is 2.42. The van der Waals surface area contributed by atoms with E-state index in [4.69, 9.17) is 4.43 Å². The SMILES string of the molecule is CC(C)(C)[Si](OC1CCC2(CCC(=O)N2)CC1)(c1ccccc1)c1ccccc1. The van der Waals surface area contributed by atoms with Crippen LogP contribution in [0, 0.1) is 0 Å². The predicted octanol–water partition coefficient (Wildman–Crippen LogP) is 4.15. The Balaban J connectivity index is 1.67. The minimum Gasteiger partial charge on any atom is -0.404 e. The maximum absolute atomic E-state index is 11.8. The molecule has 1 heterocycles. The zero-order valence-corrected chi connectivity index (χ0v) is 18.9. The molecule has 2 fully saturated rings. The summed E-state index contributed by atoms with van der Waals surface area (Å²) in [5, 5.41) is 5.95. The standard InChI is InChI=1S/C25H33NO2Si/c1-24(2,3)29(21-10-6-4-7-11-21,22-12-8-5-9-13-22)28-20-14-17-25(18-15-20)19-16-23(27)26-25/h4-13,20H,14-19H2,1-3H3,(H,26,27). The highest BCUT2D eigenvalue weighted by molar-refractivity contribution is 6.99. The third kappa shape index (κ3) is 3.80. The van der Waals surface area contributed by atoms with E-state index in [-0.39, 0.29) is 22.6 Å². The van der Waals surface area contributed by atoms with Gasteiger partial charge in [0.25, 0.3) is 8.32 Å². The van der Waals surface area contributed by atoms with Crippen molar-refractivity contribution in [1.82, 2.24) is 5.32 Å². The molecule has 1 saturated carbocycles. The van der Waals surface area contributed by atoms with Gasteiger partial charge in [0.2, 0.25) is 5.91 Å². The van der Waals surface area contributed by atoms with E-state index in [1.54, 1.807) is 0 Å². The maximum atomic E-state index is 11.8. The summed E-state index contributed by atoms with van der Waals surface area (Å²) in [5.41, 5.74) is 0.0301. The molecule has 1 saturated heterocycles. The molecule has 2 aliphatic rings. The topological polar surface area (TPSA) is 38.3 Å². The molecule has 0 aromatic heterocycles. The first-order valence-electron chi connectivity index (χ1n) is 10.9. The smallest absolute Gasteiger partial charge is 0.261 e. The molecule has 0 unspecified atom stereocenters. The normalized spacial score (nSPS) is 25.2. The minimum absolute atomic E-state index is 0.00636. The molecule has 2 aromatic carbocycles. The van der Waals surface area contributed by atoms with Crippen LogP contribution in [0.4, 0.5) is 0 Å². The van der Waals surface area contributed by atoms with Crippen LogP contribution >= 0.6 is 0 Å². The monoisotopic (exact) mass is 407 g/mol. The number of hydrogen-bond acceptors (Lipinski definition) is 2. The Labute approximate surface area is 176 Å². The summed E-state index contributed by atoms with van der Waals surface area (Å²) < 4.78 is 7.27. The number of benzene rings is 2. The molecule has 1 aliphatic carbocycles. The lowest BCUT2D eigenvalue weighted by Gasteiger charge is -2.47. The van der Waals surface area contributed by atoms with Crippen molar-refractivity contribution < 1.29 is 9.22 Å². The van der Waals surface area contributed by atoms with Crippen LogP contribution in [0.5, 0.6) is 0 Å². The maximum Gasteiger partial charge on any atom is 0.261 e. The Bertz CT molecular complexity index is 797. The molecule has 0 atom stereocenters. The van der Waals surface area contributed by atoms with Crippen molar-refractivity contribution in [2.75, 3.05) is 0 Å². The van der Waals surface area contributed by atoms with E-state index >= 15 is 0 Å². The second kappa shape index (κ2) is 7.73. The van der Waals surface area contributed by atoms with Gasteiger partial charge < -0.3 is 9.74 Å². The molecule has 2 aromatic rings.